The van der Waals surface area contributed by atoms with E-state index in [2.05, 4.69) is 4.98 Å². The molecule has 11 heavy (non-hydrogen) atoms. The summed E-state index contributed by atoms with van der Waals surface area (Å²) in [5.74, 6) is -2.00. The van der Waals surface area contributed by atoms with Gasteiger partial charge in [0.15, 0.2) is 11.6 Å². The maximum Gasteiger partial charge on any atom is 0.177 e. The third-order valence-corrected chi connectivity index (χ3v) is 1.18. The van der Waals surface area contributed by atoms with Crippen LogP contribution in [0.5, 0.6) is 0 Å². The number of hydrogen-bond acceptors (Lipinski definition) is 2. The molecule has 1 aromatic rings. The minimum Gasteiger partial charge on any atom is -0.261 e. The van der Waals surface area contributed by atoms with Crippen LogP contribution in [-0.4, -0.2) is 4.98 Å². The lowest BCUT2D eigenvalue weighted by Crippen LogP contribution is -1.94. The molecule has 0 unspecified atom stereocenters. The molecular weight excluding hydrogens is 150 g/mol. The van der Waals surface area contributed by atoms with Gasteiger partial charge in [-0.15, -0.1) is 0 Å². The van der Waals surface area contributed by atoms with E-state index in [0.29, 0.717) is 0 Å². The molecule has 0 spiro atoms. The van der Waals surface area contributed by atoms with Crippen LogP contribution < -0.4 is 0 Å². The second kappa shape index (κ2) is 3.06. The lowest BCUT2D eigenvalue weighted by Gasteiger charge is -1.95. The van der Waals surface area contributed by atoms with Crippen LogP contribution in [0, 0.1) is 23.0 Å². The Morgan fingerprint density at radius 3 is 2.82 bits per heavy atom. The van der Waals surface area contributed by atoms with Crippen LogP contribution in [0.1, 0.15) is 5.56 Å². The maximum absolute atomic E-state index is 12.6. The largest absolute Gasteiger partial charge is 0.261 e. The Bertz CT molecular complexity index is 304. The zero-order valence-corrected chi connectivity index (χ0v) is 5.51. The predicted octanol–water partition coefficient (Wildman–Crippen LogP) is 1.43. The van der Waals surface area contributed by atoms with E-state index in [9.17, 15) is 8.78 Å². The summed E-state index contributed by atoms with van der Waals surface area (Å²) < 4.78 is 25.0. The summed E-state index contributed by atoms with van der Waals surface area (Å²) in [6, 6.07) is 1.71. The highest BCUT2D eigenvalue weighted by molar-refractivity contribution is 5.16. The molecule has 56 valence electrons. The number of pyridine rings is 1. The molecule has 0 fully saturated rings. The fraction of sp³-hybridized carbons (Fsp3) is 0.143. The van der Waals surface area contributed by atoms with Crippen molar-refractivity contribution >= 4 is 0 Å². The van der Waals surface area contributed by atoms with Gasteiger partial charge in [0.2, 0.25) is 0 Å². The van der Waals surface area contributed by atoms with Gasteiger partial charge < -0.3 is 0 Å². The van der Waals surface area contributed by atoms with Crippen LogP contribution in [0.2, 0.25) is 0 Å². The molecule has 4 heteroatoms. The van der Waals surface area contributed by atoms with Gasteiger partial charge in [-0.3, -0.25) is 4.98 Å². The SMILES string of the molecule is N#CCc1cncc(F)c1F. The molecule has 0 atom stereocenters. The zero-order chi connectivity index (χ0) is 8.27. The summed E-state index contributed by atoms with van der Waals surface area (Å²) in [7, 11) is 0. The van der Waals surface area contributed by atoms with Gasteiger partial charge in [-0.2, -0.15) is 5.26 Å². The minimum atomic E-state index is -1.02. The fourth-order valence-corrected chi connectivity index (χ4v) is 0.668. The number of rotatable bonds is 1. The third kappa shape index (κ3) is 1.49. The van der Waals surface area contributed by atoms with Crippen LogP contribution in [0.4, 0.5) is 8.78 Å². The van der Waals surface area contributed by atoms with Crippen molar-refractivity contribution in [3.63, 3.8) is 0 Å². The highest BCUT2D eigenvalue weighted by atomic mass is 19.2. The monoisotopic (exact) mass is 154 g/mol. The van der Waals surface area contributed by atoms with Crippen LogP contribution in [0.15, 0.2) is 12.4 Å². The first kappa shape index (κ1) is 7.61. The molecule has 0 aliphatic rings. The molecule has 2 nitrogen and oxygen atoms in total. The number of hydrogen-bond donors (Lipinski definition) is 0. The van der Waals surface area contributed by atoms with Crippen LogP contribution >= 0.6 is 0 Å². The Hall–Kier alpha value is -1.50. The molecule has 0 radical (unpaired) electrons. The summed E-state index contributed by atoms with van der Waals surface area (Å²) in [5, 5.41) is 8.17. The average Bonchev–Trinajstić information content (AvgIpc) is 1.99. The lowest BCUT2D eigenvalue weighted by molar-refractivity contribution is 0.496. The summed E-state index contributed by atoms with van der Waals surface area (Å²) in [4.78, 5) is 3.40. The van der Waals surface area contributed by atoms with E-state index in [-0.39, 0.29) is 12.0 Å². The van der Waals surface area contributed by atoms with E-state index < -0.39 is 11.6 Å². The first-order valence-corrected chi connectivity index (χ1v) is 2.90. The molecule has 0 aliphatic heterocycles. The molecular formula is C7H4F2N2. The zero-order valence-electron chi connectivity index (χ0n) is 5.51. The summed E-state index contributed by atoms with van der Waals surface area (Å²) in [5.41, 5.74) is -0.00694. The Morgan fingerprint density at radius 2 is 2.18 bits per heavy atom. The second-order valence-corrected chi connectivity index (χ2v) is 1.93. The molecule has 1 heterocycles. The van der Waals surface area contributed by atoms with Crippen LogP contribution in [-0.2, 0) is 6.42 Å². The Kier molecular flexibility index (Phi) is 2.12. The van der Waals surface area contributed by atoms with E-state index in [4.69, 9.17) is 5.26 Å². The number of nitrogens with zero attached hydrogens (tertiary/aromatic N) is 2. The number of aromatic nitrogens is 1. The average molecular weight is 154 g/mol. The van der Waals surface area contributed by atoms with Crippen molar-refractivity contribution in [3.8, 4) is 6.07 Å². The van der Waals surface area contributed by atoms with E-state index >= 15 is 0 Å². The maximum atomic E-state index is 12.6. The molecule has 0 N–H and O–H groups in total. The number of nitriles is 1. The third-order valence-electron chi connectivity index (χ3n) is 1.18. The Morgan fingerprint density at radius 1 is 1.45 bits per heavy atom. The van der Waals surface area contributed by atoms with E-state index in [1.165, 1.54) is 0 Å². The lowest BCUT2D eigenvalue weighted by atomic mass is 10.2. The van der Waals surface area contributed by atoms with Crippen molar-refractivity contribution in [1.29, 1.82) is 5.26 Å². The minimum absolute atomic E-state index is 0.00694. The standard InChI is InChI=1S/C7H4F2N2/c8-6-4-11-3-5(1-2-10)7(6)9/h3-4H,1H2. The van der Waals surface area contributed by atoms with Gasteiger partial charge in [0.05, 0.1) is 18.7 Å². The van der Waals surface area contributed by atoms with Gasteiger partial charge in [0.1, 0.15) is 0 Å². The molecule has 0 saturated heterocycles. The van der Waals surface area contributed by atoms with E-state index in [1.54, 1.807) is 6.07 Å². The molecule has 0 aromatic carbocycles. The first-order valence-electron chi connectivity index (χ1n) is 2.90. The van der Waals surface area contributed by atoms with Gasteiger partial charge in [0.25, 0.3) is 0 Å². The molecule has 0 amide bonds. The molecule has 1 rings (SSSR count). The number of halogens is 2. The van der Waals surface area contributed by atoms with Gasteiger partial charge in [-0.25, -0.2) is 8.78 Å². The van der Waals surface area contributed by atoms with Gasteiger partial charge in [-0.1, -0.05) is 0 Å². The van der Waals surface area contributed by atoms with Crippen LogP contribution in [0.25, 0.3) is 0 Å². The summed E-state index contributed by atoms with van der Waals surface area (Å²) >= 11 is 0. The predicted molar refractivity (Wildman–Crippen MR) is 33.5 cm³/mol. The highest BCUT2D eigenvalue weighted by Crippen LogP contribution is 2.08. The van der Waals surface area contributed by atoms with E-state index in [0.717, 1.165) is 12.4 Å². The van der Waals surface area contributed by atoms with Gasteiger partial charge in [-0.05, 0) is 0 Å². The van der Waals surface area contributed by atoms with Gasteiger partial charge in [0, 0.05) is 11.8 Å². The van der Waals surface area contributed by atoms with Crippen LogP contribution in [0.3, 0.4) is 0 Å². The smallest absolute Gasteiger partial charge is 0.177 e. The second-order valence-electron chi connectivity index (χ2n) is 1.93. The Balaban J connectivity index is 3.08. The first-order chi connectivity index (χ1) is 5.25. The molecule has 0 bridgehead atoms. The normalized spacial score (nSPS) is 9.18. The van der Waals surface area contributed by atoms with Crippen molar-refractivity contribution in [3.05, 3.63) is 29.6 Å². The molecule has 1 aromatic heterocycles. The fourth-order valence-electron chi connectivity index (χ4n) is 0.668. The van der Waals surface area contributed by atoms with Crippen molar-refractivity contribution in [1.82, 2.24) is 4.98 Å². The van der Waals surface area contributed by atoms with Crippen molar-refractivity contribution in [2.75, 3.05) is 0 Å². The van der Waals surface area contributed by atoms with Crippen molar-refractivity contribution < 1.29 is 8.78 Å². The Labute approximate surface area is 62.1 Å². The van der Waals surface area contributed by atoms with Crippen molar-refractivity contribution in [2.45, 2.75) is 6.42 Å². The molecule has 0 aliphatic carbocycles. The van der Waals surface area contributed by atoms with E-state index in [1.807, 2.05) is 0 Å². The molecule has 0 saturated carbocycles. The topological polar surface area (TPSA) is 36.7 Å². The van der Waals surface area contributed by atoms with Crippen molar-refractivity contribution in [2.24, 2.45) is 0 Å². The summed E-state index contributed by atoms with van der Waals surface area (Å²) in [6.45, 7) is 0. The van der Waals surface area contributed by atoms with Gasteiger partial charge >= 0.3 is 0 Å². The quantitative estimate of drug-likeness (QED) is 0.613. The summed E-state index contributed by atoms with van der Waals surface area (Å²) in [6.07, 6.45) is 1.76. The highest BCUT2D eigenvalue weighted by Gasteiger charge is 2.06.